The van der Waals surface area contributed by atoms with Crippen molar-refractivity contribution in [3.8, 4) is 11.3 Å². The van der Waals surface area contributed by atoms with Crippen molar-refractivity contribution in [2.75, 3.05) is 62.6 Å². The van der Waals surface area contributed by atoms with Crippen molar-refractivity contribution in [2.45, 2.75) is 153 Å². The number of halogens is 1. The van der Waals surface area contributed by atoms with Crippen molar-refractivity contribution in [1.82, 2.24) is 39.5 Å². The quantitative estimate of drug-likeness (QED) is 0.122. The number of pyridine rings is 1. The van der Waals surface area contributed by atoms with E-state index in [0.29, 0.717) is 81.0 Å². The maximum Gasteiger partial charge on any atom is 0.238 e. The number of rotatable bonds is 11. The summed E-state index contributed by atoms with van der Waals surface area (Å²) in [5.74, 6) is 0.681. The van der Waals surface area contributed by atoms with Crippen molar-refractivity contribution in [3.05, 3.63) is 101 Å². The van der Waals surface area contributed by atoms with Crippen molar-refractivity contribution in [2.24, 2.45) is 17.8 Å². The number of amides is 5. The fourth-order valence-electron chi connectivity index (χ4n) is 15.3. The van der Waals surface area contributed by atoms with Gasteiger partial charge in [0.1, 0.15) is 11.3 Å². The molecule has 420 valence electrons. The lowest BCUT2D eigenvalue weighted by atomic mass is 9.73. The van der Waals surface area contributed by atoms with Gasteiger partial charge in [-0.2, -0.15) is 0 Å². The number of fused-ring (bicyclic) bond motifs is 4. The smallest absolute Gasteiger partial charge is 0.238 e. The maximum atomic E-state index is 15.3. The normalized spacial score (nSPS) is 25.7. The Kier molecular flexibility index (Phi) is 14.4. The van der Waals surface area contributed by atoms with Crippen LogP contribution in [0, 0.1) is 23.6 Å². The van der Waals surface area contributed by atoms with Gasteiger partial charge in [-0.3, -0.25) is 29.3 Å². The third-order valence-corrected chi connectivity index (χ3v) is 20.1. The van der Waals surface area contributed by atoms with E-state index < -0.39 is 5.41 Å². The molecule has 1 spiro atoms. The molecule has 2 aliphatic carbocycles. The van der Waals surface area contributed by atoms with E-state index >= 15 is 9.18 Å². The second-order valence-corrected chi connectivity index (χ2v) is 25.1. The van der Waals surface area contributed by atoms with Crippen LogP contribution in [0.3, 0.4) is 0 Å². The van der Waals surface area contributed by atoms with Gasteiger partial charge >= 0.3 is 0 Å². The van der Waals surface area contributed by atoms with E-state index in [-0.39, 0.29) is 65.2 Å². The van der Waals surface area contributed by atoms with Crippen LogP contribution < -0.4 is 15.5 Å². The van der Waals surface area contributed by atoms with Crippen LogP contribution in [0.5, 0.6) is 0 Å². The molecule has 4 saturated heterocycles. The molecule has 6 fully saturated rings. The third kappa shape index (κ3) is 9.89. The number of anilines is 3. The molecule has 6 aliphatic heterocycles. The first-order chi connectivity index (χ1) is 38.9. The van der Waals surface area contributed by atoms with Gasteiger partial charge in [-0.25, -0.2) is 14.4 Å². The largest absolute Gasteiger partial charge is 0.342 e. The standard InChI is InChI=1S/C64H77FN10O5/c1-40(2)74-39-66-55-36-54(68-59(58(55)74)67-53-9-5-4-8-52(53)65)46-16-18-51-56(33-46)75(49-34-48(35-49)71-25-6-3-7-26-71)63(80)64(51)23-30-72(31-24-64)61(78)43-20-27-70(28-21-43)37-41-10-12-42(13-11-41)62(79)73-29-22-44-32-45(14-15-47(44)38-73)50-17-19-57(76)69-60(50)77/h4-5,8-9,14-16,18,32-33,36,39-43,48-50H,3,6-7,10-13,17,19-31,34-35,37-38H2,1-2H3,(H,67,68)(H,69,76,77)/t41-,42-,48-,49+,50?. The summed E-state index contributed by atoms with van der Waals surface area (Å²) in [5, 5.41) is 5.78. The summed E-state index contributed by atoms with van der Waals surface area (Å²) in [6.07, 6.45) is 15.9. The molecule has 15 nitrogen and oxygen atoms in total. The highest BCUT2D eigenvalue weighted by Gasteiger charge is 2.56. The highest BCUT2D eigenvalue weighted by atomic mass is 19.1. The Bertz CT molecular complexity index is 3210. The number of carbonyl (C=O) groups is 5. The summed E-state index contributed by atoms with van der Waals surface area (Å²) in [6, 6.07) is 21.9. The lowest BCUT2D eigenvalue weighted by Gasteiger charge is -2.48. The molecule has 5 amide bonds. The fraction of sp³-hybridized carbons (Fsp3) is 0.547. The van der Waals surface area contributed by atoms with E-state index in [9.17, 15) is 19.2 Å². The summed E-state index contributed by atoms with van der Waals surface area (Å²) in [4.78, 5) is 89.2. The first-order valence-electron chi connectivity index (χ1n) is 30.2. The molecule has 2 aromatic heterocycles. The van der Waals surface area contributed by atoms with Gasteiger partial charge in [-0.05, 0) is 182 Å². The van der Waals surface area contributed by atoms with Gasteiger partial charge in [-0.15, -0.1) is 0 Å². The predicted molar refractivity (Wildman–Crippen MR) is 306 cm³/mol. The number of benzene rings is 3. The van der Waals surface area contributed by atoms with Gasteiger partial charge in [-0.1, -0.05) is 48.9 Å². The first-order valence-corrected chi connectivity index (χ1v) is 30.2. The van der Waals surface area contributed by atoms with Crippen LogP contribution >= 0.6 is 0 Å². The van der Waals surface area contributed by atoms with Crippen LogP contribution in [-0.4, -0.2) is 128 Å². The molecule has 0 radical (unpaired) electrons. The molecule has 13 rings (SSSR count). The number of piperidine rings is 4. The zero-order valence-corrected chi connectivity index (χ0v) is 46.6. The highest BCUT2D eigenvalue weighted by Crippen LogP contribution is 2.52. The molecule has 80 heavy (non-hydrogen) atoms. The molecular formula is C64H77FN10O5. The van der Waals surface area contributed by atoms with E-state index in [2.05, 4.69) is 79.0 Å². The Morgan fingerprint density at radius 2 is 1.51 bits per heavy atom. The minimum atomic E-state index is -0.705. The van der Waals surface area contributed by atoms with Gasteiger partial charge in [0.05, 0.1) is 34.6 Å². The average Bonchev–Trinajstić information content (AvgIpc) is 4.16. The molecule has 5 aromatic rings. The summed E-state index contributed by atoms with van der Waals surface area (Å²) in [5.41, 5.74) is 8.05. The Morgan fingerprint density at radius 3 is 2.26 bits per heavy atom. The van der Waals surface area contributed by atoms with Crippen molar-refractivity contribution >= 4 is 57.8 Å². The lowest BCUT2D eigenvalue weighted by Crippen LogP contribution is -2.58. The number of nitrogens with one attached hydrogen (secondary N) is 2. The number of hydrogen-bond acceptors (Lipinski definition) is 10. The number of likely N-dealkylation sites (tertiary alicyclic amines) is 3. The van der Waals surface area contributed by atoms with E-state index in [1.54, 1.807) is 18.2 Å². The van der Waals surface area contributed by atoms with E-state index in [1.807, 2.05) is 23.4 Å². The molecule has 16 heteroatoms. The number of imide groups is 1. The zero-order chi connectivity index (χ0) is 54.8. The lowest BCUT2D eigenvalue weighted by molar-refractivity contribution is -0.140. The molecule has 1 unspecified atom stereocenters. The molecule has 3 aromatic carbocycles. The number of carbonyl (C=O) groups excluding carboxylic acids is 5. The molecule has 8 aliphatic rings. The summed E-state index contributed by atoms with van der Waals surface area (Å²) in [7, 11) is 0. The number of nitrogens with zero attached hydrogens (tertiary/aromatic N) is 8. The summed E-state index contributed by atoms with van der Waals surface area (Å²) >= 11 is 0. The van der Waals surface area contributed by atoms with Crippen LogP contribution in [0.25, 0.3) is 22.3 Å². The van der Waals surface area contributed by atoms with E-state index in [0.717, 1.165) is 129 Å². The SMILES string of the molecule is CC(C)n1cnc2cc(-c3ccc4c(c3)N([C@H]3C[C@@H](N5CCCCC5)C3)C(=O)C43CCN(C(=O)C4CCN(C[C@H]5CC[C@H](C(=O)N6CCc7cc(C8CCC(=O)NC8=O)ccc7C6)CC5)CC4)CC3)nc(Nc3ccccc3F)c21. The van der Waals surface area contributed by atoms with Crippen LogP contribution in [0.4, 0.5) is 21.6 Å². The van der Waals surface area contributed by atoms with Gasteiger partial charge < -0.3 is 34.4 Å². The van der Waals surface area contributed by atoms with Crippen molar-refractivity contribution in [1.29, 1.82) is 0 Å². The Balaban J connectivity index is 0.638. The Morgan fingerprint density at radius 1 is 0.762 bits per heavy atom. The van der Waals surface area contributed by atoms with Gasteiger partial charge in [0, 0.05) is 80.4 Å². The number of imidazole rings is 1. The summed E-state index contributed by atoms with van der Waals surface area (Å²) < 4.78 is 17.2. The highest BCUT2D eigenvalue weighted by molar-refractivity contribution is 6.09. The van der Waals surface area contributed by atoms with Crippen LogP contribution in [0.15, 0.2) is 73.1 Å². The Labute approximate surface area is 469 Å². The second kappa shape index (κ2) is 21.8. The first kappa shape index (κ1) is 52.8. The van der Waals surface area contributed by atoms with Crippen LogP contribution in [0.2, 0.25) is 0 Å². The van der Waals surface area contributed by atoms with Gasteiger partial charge in [0.25, 0.3) is 0 Å². The monoisotopic (exact) mass is 1080 g/mol. The van der Waals surface area contributed by atoms with Crippen LogP contribution in [-0.2, 0) is 42.4 Å². The van der Waals surface area contributed by atoms with Crippen molar-refractivity contribution < 1.29 is 28.4 Å². The molecular weight excluding hydrogens is 1010 g/mol. The summed E-state index contributed by atoms with van der Waals surface area (Å²) in [6.45, 7) is 11.7. The maximum absolute atomic E-state index is 15.3. The van der Waals surface area contributed by atoms with Crippen LogP contribution in [0.1, 0.15) is 144 Å². The topological polar surface area (TPSA) is 156 Å². The van der Waals surface area contributed by atoms with Gasteiger partial charge in [0.2, 0.25) is 29.5 Å². The number of hydrogen-bond donors (Lipinski definition) is 2. The zero-order valence-electron chi connectivity index (χ0n) is 46.6. The number of para-hydroxylation sites is 1. The Hall–Kier alpha value is -6.52. The average molecular weight is 1090 g/mol. The molecule has 0 bridgehead atoms. The molecule has 1 atom stereocenters. The van der Waals surface area contributed by atoms with E-state index in [1.165, 1.54) is 30.9 Å². The van der Waals surface area contributed by atoms with Gasteiger partial charge in [0.15, 0.2) is 5.82 Å². The third-order valence-electron chi connectivity index (χ3n) is 20.1. The van der Waals surface area contributed by atoms with Crippen molar-refractivity contribution in [3.63, 3.8) is 0 Å². The van der Waals surface area contributed by atoms with E-state index in [4.69, 9.17) is 9.97 Å². The molecule has 8 heterocycles. The fourth-order valence-corrected chi connectivity index (χ4v) is 15.3. The predicted octanol–water partition coefficient (Wildman–Crippen LogP) is 9.41. The molecule has 2 saturated carbocycles. The minimum Gasteiger partial charge on any atom is -0.342 e. The number of aromatic nitrogens is 3. The molecule has 2 N–H and O–H groups in total. The second-order valence-electron chi connectivity index (χ2n) is 25.1. The minimum absolute atomic E-state index is 0.0193.